The Bertz CT molecular complexity index is 396. The maximum absolute atomic E-state index is 6.24. The van der Waals surface area contributed by atoms with Crippen LogP contribution in [0.3, 0.4) is 0 Å². The molecule has 0 radical (unpaired) electrons. The number of ether oxygens (including phenoxy) is 1. The fourth-order valence-corrected chi connectivity index (χ4v) is 2.67. The Morgan fingerprint density at radius 1 is 1.44 bits per heavy atom. The van der Waals surface area contributed by atoms with E-state index in [-0.39, 0.29) is 0 Å². The lowest BCUT2D eigenvalue weighted by molar-refractivity contribution is 0.0852. The van der Waals surface area contributed by atoms with E-state index in [9.17, 15) is 0 Å². The van der Waals surface area contributed by atoms with Crippen molar-refractivity contribution in [3.63, 3.8) is 0 Å². The van der Waals surface area contributed by atoms with Crippen molar-refractivity contribution in [3.05, 3.63) is 5.69 Å². The summed E-state index contributed by atoms with van der Waals surface area (Å²) >= 11 is 0. The first-order valence-corrected chi connectivity index (χ1v) is 6.77. The quantitative estimate of drug-likeness (QED) is 0.883. The summed E-state index contributed by atoms with van der Waals surface area (Å²) in [6, 6.07) is 0.505. The Morgan fingerprint density at radius 3 is 2.72 bits per heavy atom. The standard InChI is InChI=1S/C13H24N4O/c1-4-5-11-12(14)13(17(3)15-11)16(2)10-6-8-18-9-7-10/h10H,4-9,14H2,1-3H3. The summed E-state index contributed by atoms with van der Waals surface area (Å²) in [7, 11) is 4.08. The van der Waals surface area contributed by atoms with Crippen molar-refractivity contribution in [3.8, 4) is 0 Å². The van der Waals surface area contributed by atoms with Crippen LogP contribution < -0.4 is 10.6 Å². The molecule has 18 heavy (non-hydrogen) atoms. The molecule has 1 aromatic rings. The summed E-state index contributed by atoms with van der Waals surface area (Å²) in [5.74, 6) is 1.05. The number of hydrogen-bond acceptors (Lipinski definition) is 4. The van der Waals surface area contributed by atoms with Gasteiger partial charge in [0.15, 0.2) is 0 Å². The molecule has 0 unspecified atom stereocenters. The third-order valence-electron chi connectivity index (χ3n) is 3.69. The molecule has 0 aromatic carbocycles. The SMILES string of the molecule is CCCc1nn(C)c(N(C)C2CCOCC2)c1N. The smallest absolute Gasteiger partial charge is 0.150 e. The van der Waals surface area contributed by atoms with Gasteiger partial charge in [0.1, 0.15) is 5.82 Å². The van der Waals surface area contributed by atoms with E-state index in [0.717, 1.165) is 56.1 Å². The number of nitrogens with zero attached hydrogens (tertiary/aromatic N) is 3. The molecule has 5 heteroatoms. The van der Waals surface area contributed by atoms with Gasteiger partial charge in [-0.25, -0.2) is 0 Å². The van der Waals surface area contributed by atoms with Crippen molar-refractivity contribution >= 4 is 11.5 Å². The zero-order valence-corrected chi connectivity index (χ0v) is 11.6. The van der Waals surface area contributed by atoms with Crippen molar-refractivity contribution in [2.75, 3.05) is 30.9 Å². The molecule has 1 aliphatic rings. The van der Waals surface area contributed by atoms with Crippen LogP contribution in [-0.4, -0.2) is 36.1 Å². The minimum Gasteiger partial charge on any atom is -0.394 e. The Hall–Kier alpha value is -1.23. The average molecular weight is 252 g/mol. The molecule has 1 fully saturated rings. The normalized spacial score (nSPS) is 17.1. The predicted octanol–water partition coefficient (Wildman–Crippen LogP) is 1.57. The minimum atomic E-state index is 0.505. The molecule has 0 bridgehead atoms. The molecule has 1 aliphatic heterocycles. The van der Waals surface area contributed by atoms with Gasteiger partial charge in [0, 0.05) is 33.4 Å². The van der Waals surface area contributed by atoms with Crippen LogP contribution in [0.4, 0.5) is 11.5 Å². The Kier molecular flexibility index (Phi) is 4.11. The van der Waals surface area contributed by atoms with Crippen molar-refractivity contribution in [1.82, 2.24) is 9.78 Å². The molecule has 5 nitrogen and oxygen atoms in total. The van der Waals surface area contributed by atoms with E-state index in [1.165, 1.54) is 0 Å². The summed E-state index contributed by atoms with van der Waals surface area (Å²) in [6.45, 7) is 3.83. The second-order valence-corrected chi connectivity index (χ2v) is 5.01. The molecule has 0 amide bonds. The second kappa shape index (κ2) is 5.61. The predicted molar refractivity (Wildman–Crippen MR) is 73.9 cm³/mol. The van der Waals surface area contributed by atoms with E-state index in [1.54, 1.807) is 0 Å². The van der Waals surface area contributed by atoms with E-state index in [4.69, 9.17) is 10.5 Å². The first kappa shape index (κ1) is 13.2. The Morgan fingerprint density at radius 2 is 2.11 bits per heavy atom. The van der Waals surface area contributed by atoms with Gasteiger partial charge in [-0.05, 0) is 19.3 Å². The van der Waals surface area contributed by atoms with Gasteiger partial charge in [-0.15, -0.1) is 0 Å². The van der Waals surface area contributed by atoms with Crippen LogP contribution in [0.25, 0.3) is 0 Å². The van der Waals surface area contributed by atoms with Gasteiger partial charge in [0.05, 0.1) is 11.4 Å². The number of aromatic nitrogens is 2. The summed E-state index contributed by atoms with van der Waals surface area (Å²) in [6.07, 6.45) is 4.14. The van der Waals surface area contributed by atoms with E-state index >= 15 is 0 Å². The van der Waals surface area contributed by atoms with Gasteiger partial charge in [-0.1, -0.05) is 13.3 Å². The third-order valence-corrected chi connectivity index (χ3v) is 3.69. The van der Waals surface area contributed by atoms with E-state index in [2.05, 4.69) is 24.0 Å². The number of aryl methyl sites for hydroxylation is 2. The van der Waals surface area contributed by atoms with Gasteiger partial charge in [0.25, 0.3) is 0 Å². The highest BCUT2D eigenvalue weighted by Crippen LogP contribution is 2.29. The zero-order chi connectivity index (χ0) is 13.1. The first-order chi connectivity index (χ1) is 8.65. The summed E-state index contributed by atoms with van der Waals surface area (Å²) in [5, 5.41) is 4.53. The van der Waals surface area contributed by atoms with Crippen LogP contribution in [0.1, 0.15) is 31.9 Å². The number of hydrogen-bond donors (Lipinski definition) is 1. The Labute approximate surface area is 109 Å². The molecule has 102 valence electrons. The largest absolute Gasteiger partial charge is 0.394 e. The van der Waals surface area contributed by atoms with Crippen LogP contribution in [0.15, 0.2) is 0 Å². The van der Waals surface area contributed by atoms with Crippen LogP contribution in [0.2, 0.25) is 0 Å². The molecule has 0 spiro atoms. The van der Waals surface area contributed by atoms with E-state index < -0.39 is 0 Å². The van der Waals surface area contributed by atoms with Gasteiger partial charge in [-0.2, -0.15) is 5.10 Å². The molecule has 0 saturated carbocycles. The molecule has 0 aliphatic carbocycles. The first-order valence-electron chi connectivity index (χ1n) is 6.77. The van der Waals surface area contributed by atoms with Crippen molar-refractivity contribution in [1.29, 1.82) is 0 Å². The van der Waals surface area contributed by atoms with Crippen molar-refractivity contribution in [2.45, 2.75) is 38.6 Å². The lowest BCUT2D eigenvalue weighted by atomic mass is 10.1. The van der Waals surface area contributed by atoms with Crippen LogP contribution >= 0.6 is 0 Å². The fraction of sp³-hybridized carbons (Fsp3) is 0.769. The molecular weight excluding hydrogens is 228 g/mol. The highest BCUT2D eigenvalue weighted by Gasteiger charge is 2.24. The number of nitrogens with two attached hydrogens (primary N) is 1. The van der Waals surface area contributed by atoms with Crippen LogP contribution in [0.5, 0.6) is 0 Å². The van der Waals surface area contributed by atoms with Gasteiger partial charge in [-0.3, -0.25) is 4.68 Å². The number of rotatable bonds is 4. The minimum absolute atomic E-state index is 0.505. The van der Waals surface area contributed by atoms with Gasteiger partial charge in [0.2, 0.25) is 0 Å². The molecule has 2 rings (SSSR count). The summed E-state index contributed by atoms with van der Waals surface area (Å²) in [5.41, 5.74) is 8.10. The fourth-order valence-electron chi connectivity index (χ4n) is 2.67. The number of nitrogen functional groups attached to an aromatic ring is 1. The lowest BCUT2D eigenvalue weighted by Crippen LogP contribution is -2.38. The highest BCUT2D eigenvalue weighted by atomic mass is 16.5. The second-order valence-electron chi connectivity index (χ2n) is 5.01. The lowest BCUT2D eigenvalue weighted by Gasteiger charge is -2.32. The number of anilines is 2. The maximum Gasteiger partial charge on any atom is 0.150 e. The highest BCUT2D eigenvalue weighted by molar-refractivity contribution is 5.66. The maximum atomic E-state index is 6.24. The van der Waals surface area contributed by atoms with Crippen LogP contribution in [-0.2, 0) is 18.2 Å². The van der Waals surface area contributed by atoms with E-state index in [0.29, 0.717) is 6.04 Å². The van der Waals surface area contributed by atoms with Crippen molar-refractivity contribution < 1.29 is 4.74 Å². The molecule has 2 heterocycles. The molecule has 1 saturated heterocycles. The molecule has 0 atom stereocenters. The van der Waals surface area contributed by atoms with Crippen molar-refractivity contribution in [2.24, 2.45) is 7.05 Å². The summed E-state index contributed by atoms with van der Waals surface area (Å²) < 4.78 is 7.32. The Balaban J connectivity index is 2.20. The van der Waals surface area contributed by atoms with Gasteiger partial charge >= 0.3 is 0 Å². The summed E-state index contributed by atoms with van der Waals surface area (Å²) in [4.78, 5) is 2.27. The molecular formula is C13H24N4O. The molecule has 1 aromatic heterocycles. The molecule has 2 N–H and O–H groups in total. The topological polar surface area (TPSA) is 56.3 Å². The van der Waals surface area contributed by atoms with Gasteiger partial charge < -0.3 is 15.4 Å². The van der Waals surface area contributed by atoms with Crippen LogP contribution in [0, 0.1) is 0 Å². The zero-order valence-electron chi connectivity index (χ0n) is 11.6. The third kappa shape index (κ3) is 2.46. The van der Waals surface area contributed by atoms with E-state index in [1.807, 2.05) is 11.7 Å². The average Bonchev–Trinajstić information content (AvgIpc) is 2.65. The monoisotopic (exact) mass is 252 g/mol.